The Morgan fingerprint density at radius 3 is 2.32 bits per heavy atom. The fourth-order valence-corrected chi connectivity index (χ4v) is 2.58. The van der Waals surface area contributed by atoms with Gasteiger partial charge in [-0.05, 0) is 55.8 Å². The van der Waals surface area contributed by atoms with Crippen molar-refractivity contribution in [2.75, 3.05) is 0 Å². The van der Waals surface area contributed by atoms with Gasteiger partial charge in [-0.25, -0.2) is 0 Å². The summed E-state index contributed by atoms with van der Waals surface area (Å²) in [5.74, 6) is 0.246. The van der Waals surface area contributed by atoms with Crippen molar-refractivity contribution < 1.29 is 9.53 Å². The lowest BCUT2D eigenvalue weighted by atomic mass is 10.1. The molecule has 0 aliphatic carbocycles. The molecule has 0 saturated carbocycles. The first-order valence-corrected chi connectivity index (χ1v) is 8.08. The number of carbonyl (C=O) groups is 1. The summed E-state index contributed by atoms with van der Waals surface area (Å²) in [5.41, 5.74) is 10.9. The van der Waals surface area contributed by atoms with E-state index in [1.807, 2.05) is 19.1 Å². The molecule has 0 unspecified atom stereocenters. The average molecular weight is 332 g/mol. The SMILES string of the molecule is Cc1ccc(-c2cc(COc3ccc(C(N)=O)cc3)cc(C)n2)cc1. The molecule has 2 aromatic carbocycles. The topological polar surface area (TPSA) is 65.2 Å². The number of pyridine rings is 1. The predicted octanol–water partition coefficient (Wildman–Crippen LogP) is 4.04. The van der Waals surface area contributed by atoms with Crippen LogP contribution in [0.1, 0.15) is 27.2 Å². The molecule has 0 bridgehead atoms. The van der Waals surface area contributed by atoms with Crippen LogP contribution in [0.2, 0.25) is 0 Å². The lowest BCUT2D eigenvalue weighted by Gasteiger charge is -2.10. The highest BCUT2D eigenvalue weighted by atomic mass is 16.5. The van der Waals surface area contributed by atoms with E-state index in [1.54, 1.807) is 24.3 Å². The molecular weight excluding hydrogens is 312 g/mol. The molecule has 4 heteroatoms. The van der Waals surface area contributed by atoms with Gasteiger partial charge in [-0.2, -0.15) is 0 Å². The van der Waals surface area contributed by atoms with Crippen molar-refractivity contribution in [3.8, 4) is 17.0 Å². The minimum atomic E-state index is -0.445. The first kappa shape index (κ1) is 16.7. The van der Waals surface area contributed by atoms with E-state index in [1.165, 1.54) is 5.56 Å². The molecule has 0 atom stereocenters. The van der Waals surface area contributed by atoms with Gasteiger partial charge >= 0.3 is 0 Å². The van der Waals surface area contributed by atoms with Crippen LogP contribution in [0, 0.1) is 13.8 Å². The van der Waals surface area contributed by atoms with Gasteiger partial charge in [0, 0.05) is 16.8 Å². The predicted molar refractivity (Wildman–Crippen MR) is 98.4 cm³/mol. The number of amides is 1. The summed E-state index contributed by atoms with van der Waals surface area (Å²) < 4.78 is 5.81. The van der Waals surface area contributed by atoms with Crippen molar-refractivity contribution in [3.63, 3.8) is 0 Å². The molecule has 1 amide bonds. The van der Waals surface area contributed by atoms with Crippen molar-refractivity contribution in [2.24, 2.45) is 5.73 Å². The Bertz CT molecular complexity index is 885. The third-order valence-electron chi connectivity index (χ3n) is 3.90. The van der Waals surface area contributed by atoms with Gasteiger partial charge < -0.3 is 10.5 Å². The van der Waals surface area contributed by atoms with Gasteiger partial charge in [0.05, 0.1) is 5.69 Å². The molecule has 0 fully saturated rings. The van der Waals surface area contributed by atoms with Crippen molar-refractivity contribution >= 4 is 5.91 Å². The zero-order chi connectivity index (χ0) is 17.8. The Kier molecular flexibility index (Phi) is 4.80. The lowest BCUT2D eigenvalue weighted by Crippen LogP contribution is -2.10. The number of rotatable bonds is 5. The lowest BCUT2D eigenvalue weighted by molar-refractivity contribution is 0.1000. The first-order valence-electron chi connectivity index (χ1n) is 8.08. The standard InChI is InChI=1S/C21H20N2O2/c1-14-3-5-17(6-4-14)20-12-16(11-15(2)23-20)13-25-19-9-7-18(8-10-19)21(22)24/h3-12H,13H2,1-2H3,(H2,22,24). The molecule has 1 heterocycles. The Morgan fingerprint density at radius 1 is 1.00 bits per heavy atom. The number of primary amides is 1. The fourth-order valence-electron chi connectivity index (χ4n) is 2.58. The molecule has 1 aromatic heterocycles. The molecule has 0 radical (unpaired) electrons. The molecule has 0 saturated heterocycles. The van der Waals surface area contributed by atoms with Gasteiger partial charge in [0.15, 0.2) is 0 Å². The zero-order valence-corrected chi connectivity index (χ0v) is 14.3. The van der Waals surface area contributed by atoms with E-state index < -0.39 is 5.91 Å². The van der Waals surface area contributed by atoms with Crippen LogP contribution < -0.4 is 10.5 Å². The van der Waals surface area contributed by atoms with Gasteiger partial charge in [0.25, 0.3) is 0 Å². The number of hydrogen-bond acceptors (Lipinski definition) is 3. The van der Waals surface area contributed by atoms with Gasteiger partial charge in [-0.1, -0.05) is 29.8 Å². The Morgan fingerprint density at radius 2 is 1.68 bits per heavy atom. The van der Waals surface area contributed by atoms with Crippen LogP contribution in [-0.4, -0.2) is 10.9 Å². The van der Waals surface area contributed by atoms with Crippen LogP contribution in [-0.2, 0) is 6.61 Å². The maximum Gasteiger partial charge on any atom is 0.248 e. The third kappa shape index (κ3) is 4.23. The summed E-state index contributed by atoms with van der Waals surface area (Å²) in [5, 5.41) is 0. The summed E-state index contributed by atoms with van der Waals surface area (Å²) in [4.78, 5) is 15.7. The number of ether oxygens (including phenoxy) is 1. The summed E-state index contributed by atoms with van der Waals surface area (Å²) in [6.45, 7) is 4.47. The van der Waals surface area contributed by atoms with Gasteiger partial charge in [-0.3, -0.25) is 9.78 Å². The van der Waals surface area contributed by atoms with Crippen LogP contribution in [0.15, 0.2) is 60.7 Å². The van der Waals surface area contributed by atoms with Crippen molar-refractivity contribution in [1.82, 2.24) is 4.98 Å². The Hall–Kier alpha value is -3.14. The maximum atomic E-state index is 11.1. The van der Waals surface area contributed by atoms with E-state index in [9.17, 15) is 4.79 Å². The van der Waals surface area contributed by atoms with Gasteiger partial charge in [0.1, 0.15) is 12.4 Å². The zero-order valence-electron chi connectivity index (χ0n) is 14.3. The number of aromatic nitrogens is 1. The monoisotopic (exact) mass is 332 g/mol. The number of nitrogens with two attached hydrogens (primary N) is 1. The van der Waals surface area contributed by atoms with Gasteiger partial charge in [0.2, 0.25) is 5.91 Å². The second-order valence-electron chi connectivity index (χ2n) is 6.05. The van der Waals surface area contributed by atoms with E-state index in [-0.39, 0.29) is 0 Å². The highest BCUT2D eigenvalue weighted by Gasteiger charge is 2.05. The molecule has 3 aromatic rings. The van der Waals surface area contributed by atoms with E-state index >= 15 is 0 Å². The molecule has 25 heavy (non-hydrogen) atoms. The van der Waals surface area contributed by atoms with Crippen molar-refractivity contribution in [2.45, 2.75) is 20.5 Å². The average Bonchev–Trinajstić information content (AvgIpc) is 2.60. The number of hydrogen-bond donors (Lipinski definition) is 1. The number of aryl methyl sites for hydroxylation is 2. The quantitative estimate of drug-likeness (QED) is 0.767. The maximum absolute atomic E-state index is 11.1. The summed E-state index contributed by atoms with van der Waals surface area (Å²) >= 11 is 0. The summed E-state index contributed by atoms with van der Waals surface area (Å²) in [6, 6.07) is 19.2. The van der Waals surface area contributed by atoms with E-state index in [2.05, 4.69) is 36.2 Å². The number of benzene rings is 2. The van der Waals surface area contributed by atoms with Crippen LogP contribution >= 0.6 is 0 Å². The minimum absolute atomic E-state index is 0.429. The minimum Gasteiger partial charge on any atom is -0.489 e. The first-order chi connectivity index (χ1) is 12.0. The molecule has 0 aliphatic heterocycles. The molecule has 0 spiro atoms. The molecular formula is C21H20N2O2. The van der Waals surface area contributed by atoms with E-state index in [4.69, 9.17) is 10.5 Å². The summed E-state index contributed by atoms with van der Waals surface area (Å²) in [7, 11) is 0. The van der Waals surface area contributed by atoms with Gasteiger partial charge in [-0.15, -0.1) is 0 Å². The fraction of sp³-hybridized carbons (Fsp3) is 0.143. The van der Waals surface area contributed by atoms with Crippen molar-refractivity contribution in [3.05, 3.63) is 83.0 Å². The van der Waals surface area contributed by atoms with Crippen LogP contribution in [0.4, 0.5) is 0 Å². The Labute approximate surface area is 147 Å². The van der Waals surface area contributed by atoms with Crippen LogP contribution in [0.25, 0.3) is 11.3 Å². The normalized spacial score (nSPS) is 10.5. The molecule has 126 valence electrons. The molecule has 2 N–H and O–H groups in total. The second-order valence-corrected chi connectivity index (χ2v) is 6.05. The number of carbonyl (C=O) groups excluding carboxylic acids is 1. The number of nitrogens with zero attached hydrogens (tertiary/aromatic N) is 1. The highest BCUT2D eigenvalue weighted by molar-refractivity contribution is 5.92. The molecule has 3 rings (SSSR count). The van der Waals surface area contributed by atoms with E-state index in [0.29, 0.717) is 17.9 Å². The van der Waals surface area contributed by atoms with Crippen LogP contribution in [0.5, 0.6) is 5.75 Å². The summed E-state index contributed by atoms with van der Waals surface area (Å²) in [6.07, 6.45) is 0. The largest absolute Gasteiger partial charge is 0.489 e. The van der Waals surface area contributed by atoms with Crippen molar-refractivity contribution in [1.29, 1.82) is 0 Å². The second kappa shape index (κ2) is 7.18. The molecule has 4 nitrogen and oxygen atoms in total. The van der Waals surface area contributed by atoms with Crippen LogP contribution in [0.3, 0.4) is 0 Å². The molecule has 0 aliphatic rings. The highest BCUT2D eigenvalue weighted by Crippen LogP contribution is 2.21. The smallest absolute Gasteiger partial charge is 0.248 e. The third-order valence-corrected chi connectivity index (χ3v) is 3.90. The Balaban J connectivity index is 1.76. The van der Waals surface area contributed by atoms with E-state index in [0.717, 1.165) is 22.5 Å².